The number of para-hydroxylation sites is 1. The molecular weight excluding hydrogens is 217 g/mol. The van der Waals surface area contributed by atoms with Crippen molar-refractivity contribution in [1.29, 1.82) is 0 Å². The smallest absolute Gasteiger partial charge is 0.165 e. The molecule has 4 heteroatoms. The highest BCUT2D eigenvalue weighted by molar-refractivity contribution is 5.85. The molecule has 0 unspecified atom stereocenters. The lowest BCUT2D eigenvalue weighted by Crippen LogP contribution is -2.10. The maximum absolute atomic E-state index is 13.0. The topological polar surface area (TPSA) is 46.2 Å². The number of rotatable bonds is 4. The van der Waals surface area contributed by atoms with Gasteiger partial charge in [0.05, 0.1) is 0 Å². The van der Waals surface area contributed by atoms with E-state index < -0.39 is 5.82 Å². The average molecular weight is 234 g/mol. The van der Waals surface area contributed by atoms with Crippen molar-refractivity contribution in [2.75, 3.05) is 0 Å². The molecule has 0 radical (unpaired) electrons. The Hall–Kier alpha value is -0.800. The Kier molecular flexibility index (Phi) is 6.29. The van der Waals surface area contributed by atoms with Gasteiger partial charge in [-0.1, -0.05) is 31.9 Å². The van der Waals surface area contributed by atoms with Gasteiger partial charge < -0.3 is 10.8 Å². The number of benzene rings is 1. The minimum atomic E-state index is -0.602. The van der Waals surface area contributed by atoms with Gasteiger partial charge in [0.2, 0.25) is 0 Å². The molecule has 1 rings (SSSR count). The van der Waals surface area contributed by atoms with Crippen LogP contribution in [0.5, 0.6) is 5.75 Å². The van der Waals surface area contributed by atoms with Crippen LogP contribution in [-0.2, 0) is 0 Å². The third-order valence-corrected chi connectivity index (χ3v) is 2.29. The van der Waals surface area contributed by atoms with Crippen LogP contribution < -0.4 is 5.73 Å². The van der Waals surface area contributed by atoms with Crippen LogP contribution in [0.25, 0.3) is 0 Å². The summed E-state index contributed by atoms with van der Waals surface area (Å²) in [5, 5.41) is 9.41. The molecule has 0 amide bonds. The molecule has 15 heavy (non-hydrogen) atoms. The van der Waals surface area contributed by atoms with Crippen molar-refractivity contribution in [3.8, 4) is 5.75 Å². The third kappa shape index (κ3) is 3.68. The molecule has 0 saturated carbocycles. The van der Waals surface area contributed by atoms with Gasteiger partial charge in [0, 0.05) is 11.6 Å². The molecule has 2 nitrogen and oxygen atoms in total. The van der Waals surface area contributed by atoms with Crippen LogP contribution in [0.2, 0.25) is 0 Å². The van der Waals surface area contributed by atoms with Crippen LogP contribution in [0.4, 0.5) is 4.39 Å². The lowest BCUT2D eigenvalue weighted by molar-refractivity contribution is 0.417. The number of phenolic OH excluding ortho intramolecular Hbond substituents is 1. The molecule has 0 aliphatic rings. The SMILES string of the molecule is CCCC[C@@H](N)c1cccc(F)c1O.Cl. The zero-order chi connectivity index (χ0) is 10.6. The van der Waals surface area contributed by atoms with Gasteiger partial charge in [0.15, 0.2) is 11.6 Å². The van der Waals surface area contributed by atoms with Crippen molar-refractivity contribution in [3.05, 3.63) is 29.6 Å². The number of hydrogen-bond acceptors (Lipinski definition) is 2. The second-order valence-electron chi connectivity index (χ2n) is 3.43. The first-order valence-corrected chi connectivity index (χ1v) is 4.89. The van der Waals surface area contributed by atoms with Gasteiger partial charge in [0.25, 0.3) is 0 Å². The van der Waals surface area contributed by atoms with Crippen molar-refractivity contribution in [2.24, 2.45) is 5.73 Å². The summed E-state index contributed by atoms with van der Waals surface area (Å²) in [6.45, 7) is 2.07. The first-order valence-electron chi connectivity index (χ1n) is 4.89. The molecule has 0 heterocycles. The standard InChI is InChI=1S/C11H16FNO.ClH/c1-2-3-7-10(13)8-5-4-6-9(12)11(8)14;/h4-6,10,14H,2-3,7,13H2,1H3;1H/t10-;/m1./s1. The molecular formula is C11H17ClFNO. The predicted molar refractivity (Wildman–Crippen MR) is 61.8 cm³/mol. The Bertz CT molecular complexity index is 307. The van der Waals surface area contributed by atoms with E-state index in [1.807, 2.05) is 0 Å². The van der Waals surface area contributed by atoms with Crippen molar-refractivity contribution >= 4 is 12.4 Å². The minimum Gasteiger partial charge on any atom is -0.505 e. The minimum absolute atomic E-state index is 0. The highest BCUT2D eigenvalue weighted by Gasteiger charge is 2.12. The largest absolute Gasteiger partial charge is 0.505 e. The molecule has 0 aromatic heterocycles. The summed E-state index contributed by atoms with van der Waals surface area (Å²) >= 11 is 0. The van der Waals surface area contributed by atoms with E-state index in [-0.39, 0.29) is 24.2 Å². The summed E-state index contributed by atoms with van der Waals surface area (Å²) in [7, 11) is 0. The van der Waals surface area contributed by atoms with E-state index in [1.165, 1.54) is 6.07 Å². The quantitative estimate of drug-likeness (QED) is 0.839. The highest BCUT2D eigenvalue weighted by Crippen LogP contribution is 2.27. The Morgan fingerprint density at radius 1 is 1.47 bits per heavy atom. The Morgan fingerprint density at radius 3 is 2.73 bits per heavy atom. The van der Waals surface area contributed by atoms with Crippen molar-refractivity contribution in [3.63, 3.8) is 0 Å². The molecule has 0 aliphatic carbocycles. The monoisotopic (exact) mass is 233 g/mol. The number of phenols is 1. The molecule has 0 aliphatic heterocycles. The van der Waals surface area contributed by atoms with E-state index in [1.54, 1.807) is 12.1 Å². The zero-order valence-electron chi connectivity index (χ0n) is 8.74. The molecule has 1 aromatic carbocycles. The summed E-state index contributed by atoms with van der Waals surface area (Å²) in [5.41, 5.74) is 6.32. The van der Waals surface area contributed by atoms with Crippen LogP contribution in [-0.4, -0.2) is 5.11 Å². The van der Waals surface area contributed by atoms with Gasteiger partial charge in [-0.15, -0.1) is 12.4 Å². The molecule has 0 fully saturated rings. The number of unbranched alkanes of at least 4 members (excludes halogenated alkanes) is 1. The van der Waals surface area contributed by atoms with E-state index in [4.69, 9.17) is 5.73 Å². The first-order chi connectivity index (χ1) is 6.66. The van der Waals surface area contributed by atoms with E-state index >= 15 is 0 Å². The van der Waals surface area contributed by atoms with Crippen LogP contribution in [0, 0.1) is 5.82 Å². The van der Waals surface area contributed by atoms with Gasteiger partial charge in [0.1, 0.15) is 0 Å². The normalized spacial score (nSPS) is 11.9. The summed E-state index contributed by atoms with van der Waals surface area (Å²) in [4.78, 5) is 0. The van der Waals surface area contributed by atoms with E-state index in [0.29, 0.717) is 5.56 Å². The second kappa shape index (κ2) is 6.64. The van der Waals surface area contributed by atoms with Gasteiger partial charge in [-0.25, -0.2) is 4.39 Å². The molecule has 86 valence electrons. The van der Waals surface area contributed by atoms with Crippen LogP contribution >= 0.6 is 12.4 Å². The molecule has 0 spiro atoms. The van der Waals surface area contributed by atoms with Crippen LogP contribution in [0.3, 0.4) is 0 Å². The number of hydrogen-bond donors (Lipinski definition) is 2. The van der Waals surface area contributed by atoms with Gasteiger partial charge in [-0.3, -0.25) is 0 Å². The molecule has 0 saturated heterocycles. The molecule has 1 atom stereocenters. The van der Waals surface area contributed by atoms with Crippen LogP contribution in [0.15, 0.2) is 18.2 Å². The molecule has 0 bridgehead atoms. The third-order valence-electron chi connectivity index (χ3n) is 2.29. The molecule has 3 N–H and O–H groups in total. The Balaban J connectivity index is 0.00000196. The fourth-order valence-corrected chi connectivity index (χ4v) is 1.41. The summed E-state index contributed by atoms with van der Waals surface area (Å²) < 4.78 is 13.0. The highest BCUT2D eigenvalue weighted by atomic mass is 35.5. The summed E-state index contributed by atoms with van der Waals surface area (Å²) in [6.07, 6.45) is 2.80. The maximum atomic E-state index is 13.0. The Morgan fingerprint density at radius 2 is 2.13 bits per heavy atom. The predicted octanol–water partition coefficient (Wildman–Crippen LogP) is 3.14. The van der Waals surface area contributed by atoms with Crippen LogP contribution in [0.1, 0.15) is 37.8 Å². The zero-order valence-corrected chi connectivity index (χ0v) is 9.56. The van der Waals surface area contributed by atoms with Gasteiger partial charge in [-0.05, 0) is 12.5 Å². The van der Waals surface area contributed by atoms with Gasteiger partial charge in [-0.2, -0.15) is 0 Å². The summed E-state index contributed by atoms with van der Waals surface area (Å²) in [6, 6.07) is 4.19. The average Bonchev–Trinajstić information content (AvgIpc) is 2.18. The van der Waals surface area contributed by atoms with Crippen molar-refractivity contribution in [2.45, 2.75) is 32.2 Å². The first kappa shape index (κ1) is 14.2. The van der Waals surface area contributed by atoms with E-state index in [9.17, 15) is 9.50 Å². The Labute approximate surface area is 95.7 Å². The number of halogens is 2. The lowest BCUT2D eigenvalue weighted by Gasteiger charge is -2.13. The van der Waals surface area contributed by atoms with Gasteiger partial charge >= 0.3 is 0 Å². The fourth-order valence-electron chi connectivity index (χ4n) is 1.41. The fraction of sp³-hybridized carbons (Fsp3) is 0.455. The lowest BCUT2D eigenvalue weighted by atomic mass is 10.0. The van der Waals surface area contributed by atoms with Crippen molar-refractivity contribution in [1.82, 2.24) is 0 Å². The maximum Gasteiger partial charge on any atom is 0.165 e. The van der Waals surface area contributed by atoms with E-state index in [0.717, 1.165) is 19.3 Å². The second-order valence-corrected chi connectivity index (χ2v) is 3.43. The van der Waals surface area contributed by atoms with Crippen molar-refractivity contribution < 1.29 is 9.50 Å². The summed E-state index contributed by atoms with van der Waals surface area (Å²) in [5.74, 6) is -0.912. The number of aromatic hydroxyl groups is 1. The van der Waals surface area contributed by atoms with E-state index in [2.05, 4.69) is 6.92 Å². The molecule has 1 aromatic rings. The number of nitrogens with two attached hydrogens (primary N) is 1.